The maximum absolute atomic E-state index is 5.41. The van der Waals surface area contributed by atoms with Gasteiger partial charge in [-0.3, -0.25) is 4.68 Å². The number of methoxy groups -OCH3 is 1. The van der Waals surface area contributed by atoms with Crippen LogP contribution in [0.25, 0.3) is 0 Å². The standard InChI is InChI=1S/C13H23N3O/c1-3-7-16-12(13(17-2)10-15-16)8-11-5-4-6-14-9-11/h10-11,14H,3-9H2,1-2H3. The molecule has 0 spiro atoms. The molecule has 0 aliphatic carbocycles. The zero-order valence-electron chi connectivity index (χ0n) is 10.9. The van der Waals surface area contributed by atoms with E-state index in [0.29, 0.717) is 0 Å². The van der Waals surface area contributed by atoms with Gasteiger partial charge in [0, 0.05) is 6.54 Å². The fraction of sp³-hybridized carbons (Fsp3) is 0.769. The van der Waals surface area contributed by atoms with Gasteiger partial charge in [0.25, 0.3) is 0 Å². The van der Waals surface area contributed by atoms with Gasteiger partial charge >= 0.3 is 0 Å². The molecule has 0 bridgehead atoms. The molecule has 1 aliphatic rings. The Bertz CT molecular complexity index is 342. The lowest BCUT2D eigenvalue weighted by molar-refractivity contribution is 0.354. The van der Waals surface area contributed by atoms with Crippen molar-refractivity contribution in [2.24, 2.45) is 5.92 Å². The van der Waals surface area contributed by atoms with Gasteiger partial charge < -0.3 is 10.1 Å². The Morgan fingerprint density at radius 3 is 3.12 bits per heavy atom. The van der Waals surface area contributed by atoms with Gasteiger partial charge in [-0.05, 0) is 44.7 Å². The van der Waals surface area contributed by atoms with E-state index in [2.05, 4.69) is 22.0 Å². The molecule has 0 saturated carbocycles. The number of hydrogen-bond acceptors (Lipinski definition) is 3. The number of piperidine rings is 1. The molecule has 1 N–H and O–H groups in total. The van der Waals surface area contributed by atoms with Crippen molar-refractivity contribution in [2.45, 2.75) is 39.2 Å². The third-order valence-corrected chi connectivity index (χ3v) is 3.45. The van der Waals surface area contributed by atoms with E-state index in [1.54, 1.807) is 7.11 Å². The zero-order chi connectivity index (χ0) is 12.1. The molecule has 2 heterocycles. The molecular weight excluding hydrogens is 214 g/mol. The molecule has 1 fully saturated rings. The monoisotopic (exact) mass is 237 g/mol. The molecule has 1 aromatic heterocycles. The minimum atomic E-state index is 0.727. The number of rotatable bonds is 5. The van der Waals surface area contributed by atoms with Crippen molar-refractivity contribution < 1.29 is 4.74 Å². The molecule has 1 saturated heterocycles. The van der Waals surface area contributed by atoms with Crippen LogP contribution in [0.2, 0.25) is 0 Å². The fourth-order valence-electron chi connectivity index (χ4n) is 2.55. The molecule has 0 radical (unpaired) electrons. The molecular formula is C13H23N3O. The largest absolute Gasteiger partial charge is 0.493 e. The summed E-state index contributed by atoms with van der Waals surface area (Å²) >= 11 is 0. The minimum Gasteiger partial charge on any atom is -0.493 e. The number of hydrogen-bond donors (Lipinski definition) is 1. The predicted molar refractivity (Wildman–Crippen MR) is 68.4 cm³/mol. The Hall–Kier alpha value is -1.03. The van der Waals surface area contributed by atoms with Gasteiger partial charge in [-0.15, -0.1) is 0 Å². The predicted octanol–water partition coefficient (Wildman–Crippen LogP) is 1.84. The third kappa shape index (κ3) is 3.00. The zero-order valence-corrected chi connectivity index (χ0v) is 10.9. The van der Waals surface area contributed by atoms with Crippen LogP contribution < -0.4 is 10.1 Å². The number of aromatic nitrogens is 2. The second-order valence-corrected chi connectivity index (χ2v) is 4.80. The van der Waals surface area contributed by atoms with Crippen molar-refractivity contribution in [1.82, 2.24) is 15.1 Å². The Kier molecular flexibility index (Phi) is 4.42. The average Bonchev–Trinajstić information content (AvgIpc) is 2.74. The van der Waals surface area contributed by atoms with E-state index >= 15 is 0 Å². The molecule has 1 unspecified atom stereocenters. The minimum absolute atomic E-state index is 0.727. The van der Waals surface area contributed by atoms with E-state index < -0.39 is 0 Å². The van der Waals surface area contributed by atoms with E-state index in [9.17, 15) is 0 Å². The fourth-order valence-corrected chi connectivity index (χ4v) is 2.55. The Labute approximate surface area is 103 Å². The molecule has 2 rings (SSSR count). The highest BCUT2D eigenvalue weighted by atomic mass is 16.5. The van der Waals surface area contributed by atoms with E-state index in [0.717, 1.165) is 37.6 Å². The lowest BCUT2D eigenvalue weighted by Gasteiger charge is -2.23. The van der Waals surface area contributed by atoms with E-state index in [1.807, 2.05) is 6.20 Å². The number of aryl methyl sites for hydroxylation is 1. The molecule has 96 valence electrons. The summed E-state index contributed by atoms with van der Waals surface area (Å²) in [6.07, 6.45) is 6.64. The van der Waals surface area contributed by atoms with Crippen LogP contribution in [0.1, 0.15) is 31.9 Å². The van der Waals surface area contributed by atoms with Crippen molar-refractivity contribution in [1.29, 1.82) is 0 Å². The summed E-state index contributed by atoms with van der Waals surface area (Å²) in [7, 11) is 1.73. The second-order valence-electron chi connectivity index (χ2n) is 4.80. The average molecular weight is 237 g/mol. The summed E-state index contributed by atoms with van der Waals surface area (Å²) in [5.74, 6) is 1.67. The normalized spacial score (nSPS) is 20.5. The molecule has 1 atom stereocenters. The number of nitrogens with zero attached hydrogens (tertiary/aromatic N) is 2. The van der Waals surface area contributed by atoms with Crippen molar-refractivity contribution in [3.05, 3.63) is 11.9 Å². The van der Waals surface area contributed by atoms with E-state index in [4.69, 9.17) is 4.74 Å². The quantitative estimate of drug-likeness (QED) is 0.849. The van der Waals surface area contributed by atoms with Crippen LogP contribution in [0.15, 0.2) is 6.20 Å². The second kappa shape index (κ2) is 6.05. The van der Waals surface area contributed by atoms with Crippen LogP contribution in [0.4, 0.5) is 0 Å². The first-order valence-corrected chi connectivity index (χ1v) is 6.64. The summed E-state index contributed by atoms with van der Waals surface area (Å²) in [5.41, 5.74) is 1.27. The van der Waals surface area contributed by atoms with Crippen molar-refractivity contribution in [3.8, 4) is 5.75 Å². The summed E-state index contributed by atoms with van der Waals surface area (Å²) in [4.78, 5) is 0. The van der Waals surface area contributed by atoms with Crippen LogP contribution in [0.5, 0.6) is 5.75 Å². The molecule has 1 aromatic rings. The molecule has 1 aliphatic heterocycles. The van der Waals surface area contributed by atoms with Crippen LogP contribution in [-0.2, 0) is 13.0 Å². The van der Waals surface area contributed by atoms with E-state index in [1.165, 1.54) is 25.1 Å². The molecule has 17 heavy (non-hydrogen) atoms. The smallest absolute Gasteiger partial charge is 0.159 e. The van der Waals surface area contributed by atoms with Crippen molar-refractivity contribution >= 4 is 0 Å². The Morgan fingerprint density at radius 2 is 2.47 bits per heavy atom. The molecule has 4 heteroatoms. The summed E-state index contributed by atoms with van der Waals surface area (Å²) < 4.78 is 7.51. The van der Waals surface area contributed by atoms with Crippen molar-refractivity contribution in [3.63, 3.8) is 0 Å². The van der Waals surface area contributed by atoms with Gasteiger partial charge in [-0.25, -0.2) is 0 Å². The van der Waals surface area contributed by atoms with Gasteiger partial charge in [0.15, 0.2) is 5.75 Å². The summed E-state index contributed by atoms with van der Waals surface area (Å²) in [6.45, 7) is 5.46. The van der Waals surface area contributed by atoms with Gasteiger partial charge in [0.1, 0.15) is 0 Å². The SMILES string of the molecule is CCCn1ncc(OC)c1CC1CCCNC1. The van der Waals surface area contributed by atoms with E-state index in [-0.39, 0.29) is 0 Å². The maximum atomic E-state index is 5.41. The first-order chi connectivity index (χ1) is 8.35. The summed E-state index contributed by atoms with van der Waals surface area (Å²) in [5, 5.41) is 7.88. The number of ether oxygens (including phenoxy) is 1. The van der Waals surface area contributed by atoms with Crippen LogP contribution >= 0.6 is 0 Å². The third-order valence-electron chi connectivity index (χ3n) is 3.45. The Morgan fingerprint density at radius 1 is 1.59 bits per heavy atom. The van der Waals surface area contributed by atoms with Gasteiger partial charge in [-0.2, -0.15) is 5.10 Å². The lowest BCUT2D eigenvalue weighted by atomic mass is 9.94. The summed E-state index contributed by atoms with van der Waals surface area (Å²) in [6, 6.07) is 0. The highest BCUT2D eigenvalue weighted by Crippen LogP contribution is 2.24. The molecule has 0 amide bonds. The highest BCUT2D eigenvalue weighted by molar-refractivity contribution is 5.25. The van der Waals surface area contributed by atoms with Gasteiger partial charge in [0.05, 0.1) is 19.0 Å². The molecule has 0 aromatic carbocycles. The number of nitrogens with one attached hydrogen (secondary N) is 1. The first kappa shape index (κ1) is 12.4. The Balaban J connectivity index is 2.08. The lowest BCUT2D eigenvalue weighted by Crippen LogP contribution is -2.31. The van der Waals surface area contributed by atoms with Crippen LogP contribution in [0, 0.1) is 5.92 Å². The van der Waals surface area contributed by atoms with Gasteiger partial charge in [-0.1, -0.05) is 6.92 Å². The first-order valence-electron chi connectivity index (χ1n) is 6.64. The topological polar surface area (TPSA) is 39.1 Å². The van der Waals surface area contributed by atoms with Crippen LogP contribution in [-0.4, -0.2) is 30.0 Å². The van der Waals surface area contributed by atoms with Gasteiger partial charge in [0.2, 0.25) is 0 Å². The molecule has 4 nitrogen and oxygen atoms in total. The highest BCUT2D eigenvalue weighted by Gasteiger charge is 2.19. The maximum Gasteiger partial charge on any atom is 0.159 e. The van der Waals surface area contributed by atoms with Crippen LogP contribution in [0.3, 0.4) is 0 Å². The van der Waals surface area contributed by atoms with Crippen molar-refractivity contribution in [2.75, 3.05) is 20.2 Å².